The second-order valence-electron chi connectivity index (χ2n) is 6.28. The number of carbonyl (C=O) groups is 1. The van der Waals surface area contributed by atoms with Crippen LogP contribution in [0, 0.1) is 12.7 Å². The monoisotopic (exact) mass is 364 g/mol. The summed E-state index contributed by atoms with van der Waals surface area (Å²) in [6.45, 7) is 4.09. The molecule has 1 heterocycles. The normalized spacial score (nSPS) is 10.5. The highest BCUT2D eigenvalue weighted by Crippen LogP contribution is 2.17. The number of carbonyl (C=O) groups excluding carboxylic acids is 1. The van der Waals surface area contributed by atoms with Crippen LogP contribution in [0.5, 0.6) is 0 Å². The molecule has 3 rings (SSSR count). The topological polar surface area (TPSA) is 66.9 Å². The van der Waals surface area contributed by atoms with Crippen LogP contribution in [-0.2, 0) is 6.42 Å². The van der Waals surface area contributed by atoms with Crippen molar-refractivity contribution in [3.8, 4) is 0 Å². The highest BCUT2D eigenvalue weighted by atomic mass is 19.1. The quantitative estimate of drug-likeness (QED) is 0.603. The van der Waals surface area contributed by atoms with Crippen LogP contribution >= 0.6 is 0 Å². The van der Waals surface area contributed by atoms with Gasteiger partial charge in [0, 0.05) is 29.6 Å². The third-order valence-corrected chi connectivity index (χ3v) is 4.01. The largest absolute Gasteiger partial charge is 0.370 e. The van der Waals surface area contributed by atoms with Gasteiger partial charge in [0.1, 0.15) is 11.6 Å². The van der Waals surface area contributed by atoms with E-state index in [4.69, 9.17) is 0 Å². The number of hydrogen-bond acceptors (Lipinski definition) is 5. The van der Waals surface area contributed by atoms with E-state index in [1.807, 2.05) is 25.1 Å². The van der Waals surface area contributed by atoms with E-state index in [0.29, 0.717) is 23.9 Å². The lowest BCUT2D eigenvalue weighted by molar-refractivity contribution is 0.101. The Morgan fingerprint density at radius 3 is 2.59 bits per heavy atom. The molecule has 0 unspecified atom stereocenters. The number of aromatic nitrogens is 2. The lowest BCUT2D eigenvalue weighted by Crippen LogP contribution is -2.09. The Morgan fingerprint density at radius 1 is 1.07 bits per heavy atom. The van der Waals surface area contributed by atoms with Crippen LogP contribution in [0.4, 0.5) is 21.8 Å². The molecule has 0 aliphatic carbocycles. The van der Waals surface area contributed by atoms with Gasteiger partial charge >= 0.3 is 0 Å². The van der Waals surface area contributed by atoms with Gasteiger partial charge in [0.05, 0.1) is 0 Å². The lowest BCUT2D eigenvalue weighted by atomic mass is 10.1. The summed E-state index contributed by atoms with van der Waals surface area (Å²) in [4.78, 5) is 20.4. The van der Waals surface area contributed by atoms with E-state index in [-0.39, 0.29) is 11.6 Å². The Hall–Kier alpha value is -3.28. The summed E-state index contributed by atoms with van der Waals surface area (Å²) in [5.74, 6) is 0.935. The number of halogens is 1. The fourth-order valence-corrected chi connectivity index (χ4v) is 2.65. The van der Waals surface area contributed by atoms with Crippen molar-refractivity contribution < 1.29 is 9.18 Å². The molecule has 6 heteroatoms. The smallest absolute Gasteiger partial charge is 0.229 e. The summed E-state index contributed by atoms with van der Waals surface area (Å²) >= 11 is 0. The molecule has 1 aromatic heterocycles. The Morgan fingerprint density at radius 2 is 1.85 bits per heavy atom. The Balaban J connectivity index is 1.66. The van der Waals surface area contributed by atoms with Gasteiger partial charge in [-0.1, -0.05) is 24.3 Å². The van der Waals surface area contributed by atoms with Gasteiger partial charge in [0.2, 0.25) is 5.95 Å². The van der Waals surface area contributed by atoms with Gasteiger partial charge in [-0.05, 0) is 50.1 Å². The number of hydrogen-bond donors (Lipinski definition) is 2. The molecule has 0 atom stereocenters. The van der Waals surface area contributed by atoms with Crippen LogP contribution < -0.4 is 10.6 Å². The van der Waals surface area contributed by atoms with Gasteiger partial charge in [0.25, 0.3) is 0 Å². The molecule has 0 aliphatic rings. The SMILES string of the molecule is CC(=O)c1cccc(Nc2nc(C)cc(NCCc3ccc(F)cc3)n2)c1. The molecule has 2 aromatic carbocycles. The second kappa shape index (κ2) is 8.40. The number of nitrogens with one attached hydrogen (secondary N) is 2. The van der Waals surface area contributed by atoms with Crippen molar-refractivity contribution in [2.45, 2.75) is 20.3 Å². The fourth-order valence-electron chi connectivity index (χ4n) is 2.65. The summed E-state index contributed by atoms with van der Waals surface area (Å²) in [5.41, 5.74) is 3.25. The molecule has 0 aliphatic heterocycles. The minimum atomic E-state index is -0.234. The first-order chi connectivity index (χ1) is 13.0. The van der Waals surface area contributed by atoms with Crippen LogP contribution in [0.25, 0.3) is 0 Å². The number of anilines is 3. The third kappa shape index (κ3) is 5.34. The zero-order valence-electron chi connectivity index (χ0n) is 15.3. The van der Waals surface area contributed by atoms with Gasteiger partial charge in [-0.15, -0.1) is 0 Å². The maximum atomic E-state index is 13.0. The zero-order chi connectivity index (χ0) is 19.2. The van der Waals surface area contributed by atoms with E-state index in [9.17, 15) is 9.18 Å². The first-order valence-corrected chi connectivity index (χ1v) is 8.71. The highest BCUT2D eigenvalue weighted by molar-refractivity contribution is 5.95. The molecule has 0 bridgehead atoms. The maximum Gasteiger partial charge on any atom is 0.229 e. The van der Waals surface area contributed by atoms with E-state index >= 15 is 0 Å². The predicted molar refractivity (Wildman–Crippen MR) is 105 cm³/mol. The summed E-state index contributed by atoms with van der Waals surface area (Å²) < 4.78 is 13.0. The van der Waals surface area contributed by atoms with Gasteiger partial charge in [-0.3, -0.25) is 4.79 Å². The zero-order valence-corrected chi connectivity index (χ0v) is 15.3. The average Bonchev–Trinajstić information content (AvgIpc) is 2.63. The number of rotatable bonds is 7. The molecule has 0 spiro atoms. The molecular weight excluding hydrogens is 343 g/mol. The summed E-state index contributed by atoms with van der Waals surface area (Å²) in [6, 6.07) is 15.6. The fraction of sp³-hybridized carbons (Fsp3) is 0.190. The molecule has 27 heavy (non-hydrogen) atoms. The van der Waals surface area contributed by atoms with Crippen LogP contribution in [0.3, 0.4) is 0 Å². The van der Waals surface area contributed by atoms with Gasteiger partial charge in [0.15, 0.2) is 5.78 Å². The molecule has 0 saturated carbocycles. The Labute approximate surface area is 157 Å². The third-order valence-electron chi connectivity index (χ3n) is 4.01. The van der Waals surface area contributed by atoms with E-state index in [2.05, 4.69) is 20.6 Å². The summed E-state index contributed by atoms with van der Waals surface area (Å²) in [6.07, 6.45) is 0.757. The molecule has 2 N–H and O–H groups in total. The van der Waals surface area contributed by atoms with Crippen molar-refractivity contribution in [2.75, 3.05) is 17.2 Å². The van der Waals surface area contributed by atoms with Gasteiger partial charge < -0.3 is 10.6 Å². The van der Waals surface area contributed by atoms with E-state index in [1.165, 1.54) is 19.1 Å². The van der Waals surface area contributed by atoms with E-state index < -0.39 is 0 Å². The number of Topliss-reactive ketones (excluding diaryl/α,β-unsaturated/α-hetero) is 1. The Kier molecular flexibility index (Phi) is 5.76. The molecule has 0 fully saturated rings. The minimum absolute atomic E-state index is 0.00644. The van der Waals surface area contributed by atoms with Crippen molar-refractivity contribution in [1.82, 2.24) is 9.97 Å². The van der Waals surface area contributed by atoms with Crippen molar-refractivity contribution in [2.24, 2.45) is 0 Å². The highest BCUT2D eigenvalue weighted by Gasteiger charge is 2.05. The van der Waals surface area contributed by atoms with Crippen LogP contribution in [0.1, 0.15) is 28.5 Å². The molecular formula is C21H21FN4O. The van der Waals surface area contributed by atoms with Crippen LogP contribution in [-0.4, -0.2) is 22.3 Å². The first-order valence-electron chi connectivity index (χ1n) is 8.71. The molecule has 138 valence electrons. The number of ketones is 1. The van der Waals surface area contributed by atoms with Crippen LogP contribution in [0.2, 0.25) is 0 Å². The average molecular weight is 364 g/mol. The number of aryl methyl sites for hydroxylation is 1. The molecule has 0 saturated heterocycles. The second-order valence-corrected chi connectivity index (χ2v) is 6.28. The molecule has 0 radical (unpaired) electrons. The van der Waals surface area contributed by atoms with Crippen LogP contribution in [0.15, 0.2) is 54.6 Å². The van der Waals surface area contributed by atoms with Crippen molar-refractivity contribution in [3.05, 3.63) is 77.2 Å². The summed E-state index contributed by atoms with van der Waals surface area (Å²) in [7, 11) is 0. The molecule has 3 aromatic rings. The first kappa shape index (κ1) is 18.5. The number of nitrogens with zero attached hydrogens (tertiary/aromatic N) is 2. The predicted octanol–water partition coefficient (Wildman–Crippen LogP) is 4.52. The maximum absolute atomic E-state index is 13.0. The standard InChI is InChI=1S/C21H21FN4O/c1-14-12-20(23-11-10-16-6-8-18(22)9-7-16)26-21(24-14)25-19-5-3-4-17(13-19)15(2)27/h3-9,12-13H,10-11H2,1-2H3,(H2,23,24,25,26). The summed E-state index contributed by atoms with van der Waals surface area (Å²) in [5, 5.41) is 6.40. The van der Waals surface area contributed by atoms with Gasteiger partial charge in [-0.25, -0.2) is 9.37 Å². The lowest BCUT2D eigenvalue weighted by Gasteiger charge is -2.10. The Bertz CT molecular complexity index is 941. The van der Waals surface area contributed by atoms with Crippen molar-refractivity contribution in [1.29, 1.82) is 0 Å². The van der Waals surface area contributed by atoms with E-state index in [1.54, 1.807) is 24.3 Å². The van der Waals surface area contributed by atoms with Gasteiger partial charge in [-0.2, -0.15) is 4.98 Å². The van der Waals surface area contributed by atoms with Crippen molar-refractivity contribution >= 4 is 23.2 Å². The molecule has 0 amide bonds. The minimum Gasteiger partial charge on any atom is -0.370 e. The van der Waals surface area contributed by atoms with Crippen molar-refractivity contribution in [3.63, 3.8) is 0 Å². The molecule has 5 nitrogen and oxygen atoms in total. The van der Waals surface area contributed by atoms with E-state index in [0.717, 1.165) is 23.4 Å². The number of benzene rings is 2.